The standard InChI is InChI=1S/C26H19Cl2IN2O5/c1-2-35-22-13-16(12-20(29)23(22)36-14-15-6-5-7-17(27)10-15)11-18-24(32)30-26(34)31(25(18)33)21-9-4-3-8-19(21)28/h3-13H,2,14H2,1H3,(H,30,32,34)/b18-11+. The molecule has 1 aliphatic rings. The molecule has 3 aromatic rings. The quantitative estimate of drug-likeness (QED) is 0.189. The number of para-hydroxylation sites is 1. The number of urea groups is 1. The molecule has 184 valence electrons. The lowest BCUT2D eigenvalue weighted by molar-refractivity contribution is -0.122. The summed E-state index contributed by atoms with van der Waals surface area (Å²) in [6.45, 7) is 2.48. The summed E-state index contributed by atoms with van der Waals surface area (Å²) in [6, 6.07) is 16.3. The van der Waals surface area contributed by atoms with Crippen molar-refractivity contribution in [1.29, 1.82) is 0 Å². The van der Waals surface area contributed by atoms with Gasteiger partial charge in [0, 0.05) is 5.02 Å². The average molecular weight is 637 g/mol. The fraction of sp³-hybridized carbons (Fsp3) is 0.115. The largest absolute Gasteiger partial charge is 0.490 e. The summed E-state index contributed by atoms with van der Waals surface area (Å²) in [4.78, 5) is 39.1. The van der Waals surface area contributed by atoms with Crippen LogP contribution in [0, 0.1) is 3.57 Å². The maximum Gasteiger partial charge on any atom is 0.335 e. The van der Waals surface area contributed by atoms with Crippen molar-refractivity contribution < 1.29 is 23.9 Å². The maximum atomic E-state index is 13.2. The van der Waals surface area contributed by atoms with Crippen molar-refractivity contribution in [2.75, 3.05) is 11.5 Å². The molecule has 0 radical (unpaired) electrons. The van der Waals surface area contributed by atoms with Crippen LogP contribution in [0.4, 0.5) is 10.5 Å². The Morgan fingerprint density at radius 3 is 2.50 bits per heavy atom. The molecule has 4 amide bonds. The van der Waals surface area contributed by atoms with Crippen molar-refractivity contribution >= 4 is 75.4 Å². The van der Waals surface area contributed by atoms with Crippen LogP contribution in [-0.2, 0) is 16.2 Å². The zero-order valence-corrected chi connectivity index (χ0v) is 22.6. The molecule has 4 rings (SSSR count). The van der Waals surface area contributed by atoms with Crippen LogP contribution in [0.15, 0.2) is 66.2 Å². The number of nitrogens with one attached hydrogen (secondary N) is 1. The number of hydrogen-bond acceptors (Lipinski definition) is 5. The first kappa shape index (κ1) is 26.0. The highest BCUT2D eigenvalue weighted by Crippen LogP contribution is 2.36. The average Bonchev–Trinajstić information content (AvgIpc) is 2.82. The van der Waals surface area contributed by atoms with E-state index in [0.717, 1.165) is 10.5 Å². The molecule has 0 aromatic heterocycles. The fourth-order valence-corrected chi connectivity index (χ4v) is 4.75. The fourth-order valence-electron chi connectivity index (χ4n) is 3.53. The van der Waals surface area contributed by atoms with Gasteiger partial charge >= 0.3 is 6.03 Å². The molecular weight excluding hydrogens is 618 g/mol. The van der Waals surface area contributed by atoms with E-state index in [0.29, 0.717) is 32.3 Å². The molecule has 36 heavy (non-hydrogen) atoms. The second-order valence-electron chi connectivity index (χ2n) is 7.59. The number of barbiturate groups is 1. The number of ether oxygens (including phenoxy) is 2. The van der Waals surface area contributed by atoms with Gasteiger partial charge in [-0.3, -0.25) is 14.9 Å². The van der Waals surface area contributed by atoms with E-state index >= 15 is 0 Å². The van der Waals surface area contributed by atoms with Crippen LogP contribution in [0.2, 0.25) is 10.0 Å². The lowest BCUT2D eigenvalue weighted by Crippen LogP contribution is -2.54. The van der Waals surface area contributed by atoms with Crippen LogP contribution < -0.4 is 19.7 Å². The maximum absolute atomic E-state index is 13.2. The van der Waals surface area contributed by atoms with Crippen molar-refractivity contribution in [1.82, 2.24) is 5.32 Å². The third-order valence-corrected chi connectivity index (χ3v) is 6.47. The molecule has 7 nitrogen and oxygen atoms in total. The Bertz CT molecular complexity index is 1390. The van der Waals surface area contributed by atoms with Crippen molar-refractivity contribution in [3.8, 4) is 11.5 Å². The van der Waals surface area contributed by atoms with Gasteiger partial charge in [0.25, 0.3) is 11.8 Å². The summed E-state index contributed by atoms with van der Waals surface area (Å²) >= 11 is 14.4. The number of rotatable bonds is 7. The highest BCUT2D eigenvalue weighted by Gasteiger charge is 2.37. The van der Waals surface area contributed by atoms with Crippen LogP contribution >= 0.6 is 45.8 Å². The second-order valence-corrected chi connectivity index (χ2v) is 9.60. The van der Waals surface area contributed by atoms with Gasteiger partial charge in [-0.15, -0.1) is 0 Å². The topological polar surface area (TPSA) is 84.9 Å². The van der Waals surface area contributed by atoms with Gasteiger partial charge in [-0.05, 0) is 83.1 Å². The molecule has 1 saturated heterocycles. The SMILES string of the molecule is CCOc1cc(/C=C2\C(=O)NC(=O)N(c3ccccc3Cl)C2=O)cc(I)c1OCc1cccc(Cl)c1. The zero-order valence-electron chi connectivity index (χ0n) is 18.9. The molecular formula is C26H19Cl2IN2O5. The highest BCUT2D eigenvalue weighted by atomic mass is 127. The first-order valence-corrected chi connectivity index (χ1v) is 12.6. The minimum atomic E-state index is -0.871. The van der Waals surface area contributed by atoms with E-state index in [4.69, 9.17) is 32.7 Å². The van der Waals surface area contributed by atoms with Gasteiger partial charge in [-0.2, -0.15) is 0 Å². The van der Waals surface area contributed by atoms with Gasteiger partial charge in [0.05, 0.1) is 20.9 Å². The van der Waals surface area contributed by atoms with Crippen molar-refractivity contribution in [3.05, 3.63) is 91.0 Å². The van der Waals surface area contributed by atoms with Gasteiger partial charge < -0.3 is 9.47 Å². The lowest BCUT2D eigenvalue weighted by atomic mass is 10.1. The van der Waals surface area contributed by atoms with Gasteiger partial charge in [0.2, 0.25) is 0 Å². The molecule has 0 bridgehead atoms. The minimum Gasteiger partial charge on any atom is -0.490 e. The van der Waals surface area contributed by atoms with E-state index in [1.54, 1.807) is 36.4 Å². The third-order valence-electron chi connectivity index (χ3n) is 5.11. The Hall–Kier alpha value is -3.08. The van der Waals surface area contributed by atoms with Gasteiger partial charge in [-0.25, -0.2) is 9.69 Å². The van der Waals surface area contributed by atoms with Crippen molar-refractivity contribution in [3.63, 3.8) is 0 Å². The van der Waals surface area contributed by atoms with Crippen LogP contribution in [0.5, 0.6) is 11.5 Å². The Kier molecular flexibility index (Phi) is 8.17. The molecule has 1 heterocycles. The summed E-state index contributed by atoms with van der Waals surface area (Å²) < 4.78 is 12.5. The monoisotopic (exact) mass is 636 g/mol. The molecule has 0 unspecified atom stereocenters. The molecule has 1 aliphatic heterocycles. The van der Waals surface area contributed by atoms with Crippen LogP contribution in [0.1, 0.15) is 18.1 Å². The van der Waals surface area contributed by atoms with E-state index in [1.165, 1.54) is 12.1 Å². The zero-order chi connectivity index (χ0) is 25.8. The summed E-state index contributed by atoms with van der Waals surface area (Å²) in [5, 5.41) is 3.00. The predicted octanol–water partition coefficient (Wildman–Crippen LogP) is 6.24. The first-order chi connectivity index (χ1) is 17.3. The van der Waals surface area contributed by atoms with E-state index < -0.39 is 17.8 Å². The molecule has 0 aliphatic carbocycles. The van der Waals surface area contributed by atoms with Crippen LogP contribution in [0.25, 0.3) is 6.08 Å². The van der Waals surface area contributed by atoms with Crippen molar-refractivity contribution in [2.45, 2.75) is 13.5 Å². The van der Waals surface area contributed by atoms with Crippen molar-refractivity contribution in [2.24, 2.45) is 0 Å². The smallest absolute Gasteiger partial charge is 0.335 e. The van der Waals surface area contributed by atoms with E-state index in [9.17, 15) is 14.4 Å². The molecule has 1 N–H and O–H groups in total. The first-order valence-electron chi connectivity index (χ1n) is 10.8. The number of nitrogens with zero attached hydrogens (tertiary/aromatic N) is 1. The number of carbonyl (C=O) groups excluding carboxylic acids is 3. The molecule has 0 atom stereocenters. The lowest BCUT2D eigenvalue weighted by Gasteiger charge is -2.27. The summed E-state index contributed by atoms with van der Waals surface area (Å²) in [7, 11) is 0. The molecule has 1 fully saturated rings. The number of anilines is 1. The number of benzene rings is 3. The van der Waals surface area contributed by atoms with E-state index in [2.05, 4.69) is 27.9 Å². The van der Waals surface area contributed by atoms with Crippen LogP contribution in [0.3, 0.4) is 0 Å². The normalized spacial score (nSPS) is 14.7. The molecule has 10 heteroatoms. The number of halogens is 3. The van der Waals surface area contributed by atoms with Crippen LogP contribution in [-0.4, -0.2) is 24.5 Å². The molecule has 3 aromatic carbocycles. The van der Waals surface area contributed by atoms with Gasteiger partial charge in [0.15, 0.2) is 11.5 Å². The van der Waals surface area contributed by atoms with Gasteiger partial charge in [0.1, 0.15) is 12.2 Å². The highest BCUT2D eigenvalue weighted by molar-refractivity contribution is 14.1. The van der Waals surface area contributed by atoms with E-state index in [1.807, 2.05) is 25.1 Å². The molecule has 0 spiro atoms. The Morgan fingerprint density at radius 2 is 1.78 bits per heavy atom. The Labute approximate surface area is 231 Å². The Morgan fingerprint density at radius 1 is 1.00 bits per heavy atom. The second kappa shape index (κ2) is 11.3. The predicted molar refractivity (Wildman–Crippen MR) is 147 cm³/mol. The number of imide groups is 2. The minimum absolute atomic E-state index is 0.175. The molecule has 0 saturated carbocycles. The summed E-state index contributed by atoms with van der Waals surface area (Å²) in [5.74, 6) is -0.624. The van der Waals surface area contributed by atoms with Gasteiger partial charge in [-0.1, -0.05) is 47.5 Å². The third kappa shape index (κ3) is 5.66. The number of carbonyl (C=O) groups is 3. The summed E-state index contributed by atoms with van der Waals surface area (Å²) in [5.41, 5.74) is 1.36. The number of hydrogen-bond donors (Lipinski definition) is 1. The van der Waals surface area contributed by atoms with E-state index in [-0.39, 0.29) is 22.9 Å². The summed E-state index contributed by atoms with van der Waals surface area (Å²) in [6.07, 6.45) is 1.40. The number of amides is 4. The Balaban J connectivity index is 1.67.